The van der Waals surface area contributed by atoms with E-state index in [0.717, 1.165) is 0 Å². The Bertz CT molecular complexity index is 328. The molecule has 6 N–H and O–H groups in total. The Labute approximate surface area is 118 Å². The second-order valence-corrected chi connectivity index (χ2v) is 4.44. The minimum atomic E-state index is -1.70. The normalized spacial score (nSPS) is 48.3. The summed E-state index contributed by atoms with van der Waals surface area (Å²) in [6.45, 7) is -2.77. The highest BCUT2D eigenvalue weighted by molar-refractivity contribution is 4.75. The van der Waals surface area contributed by atoms with Gasteiger partial charge >= 0.3 is 0 Å². The maximum Gasteiger partial charge on any atom is 0.276 e. The first kappa shape index (κ1) is 16.9. The summed E-state index contributed by atoms with van der Waals surface area (Å²) in [4.78, 5) is 0. The average Bonchev–Trinajstić information content (AvgIpc) is 2.45. The molecule has 0 aromatic carbocycles. The van der Waals surface area contributed by atoms with Gasteiger partial charge < -0.3 is 44.8 Å². The standard InChI is InChI=1S/C10H18O11/c11-1-3-5(13)7(15)20-10(18-3)21-9-8(16)19-6(14)4(2-12)17-9/h3-16H,1-2H2/t3?,4?,5-,6+,7?,8?,9-,10+/m1/s1. The zero-order chi connectivity index (χ0) is 15.6. The fourth-order valence-electron chi connectivity index (χ4n) is 1.79. The van der Waals surface area contributed by atoms with Crippen LogP contribution in [0.5, 0.6) is 0 Å². The van der Waals surface area contributed by atoms with E-state index in [9.17, 15) is 20.4 Å². The zero-order valence-electron chi connectivity index (χ0n) is 10.8. The third-order valence-electron chi connectivity index (χ3n) is 2.95. The number of hydrogen-bond acceptors (Lipinski definition) is 11. The molecule has 2 heterocycles. The summed E-state index contributed by atoms with van der Waals surface area (Å²) in [5.41, 5.74) is 0. The number of rotatable bonds is 4. The van der Waals surface area contributed by atoms with Crippen molar-refractivity contribution in [1.82, 2.24) is 0 Å². The van der Waals surface area contributed by atoms with Crippen LogP contribution in [0.2, 0.25) is 0 Å². The van der Waals surface area contributed by atoms with Gasteiger partial charge in [-0.15, -0.1) is 0 Å². The van der Waals surface area contributed by atoms with Gasteiger partial charge in [0.05, 0.1) is 13.2 Å². The molecule has 0 aromatic heterocycles. The minimum Gasteiger partial charge on any atom is -0.394 e. The number of aliphatic hydroxyl groups excluding tert-OH is 6. The first-order chi connectivity index (χ1) is 9.96. The third kappa shape index (κ3) is 3.85. The molecule has 2 aliphatic rings. The molecule has 0 amide bonds. The van der Waals surface area contributed by atoms with Crippen LogP contribution in [-0.2, 0) is 23.7 Å². The lowest BCUT2D eigenvalue weighted by Gasteiger charge is -2.40. The maximum absolute atomic E-state index is 9.54. The van der Waals surface area contributed by atoms with Crippen LogP contribution in [0.4, 0.5) is 0 Å². The molecule has 21 heavy (non-hydrogen) atoms. The molecule has 8 atom stereocenters. The first-order valence-electron chi connectivity index (χ1n) is 6.17. The Morgan fingerprint density at radius 2 is 1.38 bits per heavy atom. The Balaban J connectivity index is 1.94. The molecular formula is C10H18O11. The SMILES string of the molecule is OCC1O[C@H](O[C@H]2OC(CO)[C@@H](O)OC2O)OC(O)[C@@H]1O. The van der Waals surface area contributed by atoms with Crippen LogP contribution in [0.25, 0.3) is 0 Å². The van der Waals surface area contributed by atoms with Crippen molar-refractivity contribution in [3.8, 4) is 0 Å². The molecule has 11 heteroatoms. The summed E-state index contributed by atoms with van der Waals surface area (Å²) in [5.74, 6) is 0. The summed E-state index contributed by atoms with van der Waals surface area (Å²) in [6, 6.07) is 0. The monoisotopic (exact) mass is 314 g/mol. The van der Waals surface area contributed by atoms with Gasteiger partial charge in [0.25, 0.3) is 6.48 Å². The molecule has 2 fully saturated rings. The average molecular weight is 314 g/mol. The molecule has 4 unspecified atom stereocenters. The molecule has 0 aliphatic carbocycles. The number of aliphatic hydroxyl groups is 6. The lowest BCUT2D eigenvalue weighted by atomic mass is 10.2. The predicted octanol–water partition coefficient (Wildman–Crippen LogP) is -4.26. The fourth-order valence-corrected chi connectivity index (χ4v) is 1.79. The van der Waals surface area contributed by atoms with Crippen LogP contribution in [0, 0.1) is 0 Å². The van der Waals surface area contributed by atoms with E-state index in [-0.39, 0.29) is 0 Å². The Morgan fingerprint density at radius 3 is 2.00 bits per heavy atom. The molecular weight excluding hydrogens is 296 g/mol. The molecule has 2 aliphatic heterocycles. The van der Waals surface area contributed by atoms with Crippen molar-refractivity contribution in [2.45, 2.75) is 49.9 Å². The molecule has 2 rings (SSSR count). The van der Waals surface area contributed by atoms with E-state index in [2.05, 4.69) is 4.74 Å². The van der Waals surface area contributed by atoms with Gasteiger partial charge in [-0.1, -0.05) is 0 Å². The van der Waals surface area contributed by atoms with Crippen molar-refractivity contribution >= 4 is 0 Å². The largest absolute Gasteiger partial charge is 0.394 e. The van der Waals surface area contributed by atoms with E-state index < -0.39 is 63.2 Å². The van der Waals surface area contributed by atoms with Crippen molar-refractivity contribution in [2.75, 3.05) is 13.2 Å². The van der Waals surface area contributed by atoms with Gasteiger partial charge in [0.15, 0.2) is 12.6 Å². The molecule has 124 valence electrons. The van der Waals surface area contributed by atoms with E-state index in [0.29, 0.717) is 0 Å². The number of ether oxygens (including phenoxy) is 5. The summed E-state index contributed by atoms with van der Waals surface area (Å²) in [6.07, 6.45) is -10.2. The highest BCUT2D eigenvalue weighted by Gasteiger charge is 2.43. The summed E-state index contributed by atoms with van der Waals surface area (Å²) in [7, 11) is 0. The van der Waals surface area contributed by atoms with Crippen LogP contribution in [0.3, 0.4) is 0 Å². The van der Waals surface area contributed by atoms with E-state index in [4.69, 9.17) is 29.2 Å². The Morgan fingerprint density at radius 1 is 0.714 bits per heavy atom. The molecule has 2 saturated heterocycles. The lowest BCUT2D eigenvalue weighted by molar-refractivity contribution is -0.469. The van der Waals surface area contributed by atoms with E-state index in [1.54, 1.807) is 0 Å². The van der Waals surface area contributed by atoms with Gasteiger partial charge in [-0.05, 0) is 0 Å². The summed E-state index contributed by atoms with van der Waals surface area (Å²) >= 11 is 0. The second-order valence-electron chi connectivity index (χ2n) is 4.44. The molecule has 0 aromatic rings. The van der Waals surface area contributed by atoms with Gasteiger partial charge in [0.2, 0.25) is 12.6 Å². The quantitative estimate of drug-likeness (QED) is 0.297. The Kier molecular flexibility index (Phi) is 5.81. The van der Waals surface area contributed by atoms with Crippen LogP contribution >= 0.6 is 0 Å². The predicted molar refractivity (Wildman–Crippen MR) is 58.8 cm³/mol. The second kappa shape index (κ2) is 7.21. The van der Waals surface area contributed by atoms with Gasteiger partial charge in [0, 0.05) is 0 Å². The Hall–Kier alpha value is -0.440. The van der Waals surface area contributed by atoms with Crippen molar-refractivity contribution in [2.24, 2.45) is 0 Å². The van der Waals surface area contributed by atoms with E-state index in [1.807, 2.05) is 0 Å². The van der Waals surface area contributed by atoms with E-state index >= 15 is 0 Å². The molecule has 11 nitrogen and oxygen atoms in total. The number of hydrogen-bond donors (Lipinski definition) is 6. The fraction of sp³-hybridized carbons (Fsp3) is 1.00. The molecule has 0 bridgehead atoms. The van der Waals surface area contributed by atoms with Gasteiger partial charge in [-0.2, -0.15) is 0 Å². The van der Waals surface area contributed by atoms with E-state index in [1.165, 1.54) is 0 Å². The summed E-state index contributed by atoms with van der Waals surface area (Å²) in [5, 5.41) is 55.7. The minimum absolute atomic E-state index is 0.596. The van der Waals surface area contributed by atoms with Gasteiger partial charge in [0.1, 0.15) is 18.3 Å². The molecule has 0 spiro atoms. The van der Waals surface area contributed by atoms with Gasteiger partial charge in [-0.3, -0.25) is 9.47 Å². The lowest BCUT2D eigenvalue weighted by Crippen LogP contribution is -2.56. The van der Waals surface area contributed by atoms with Crippen LogP contribution in [0.15, 0.2) is 0 Å². The van der Waals surface area contributed by atoms with Crippen LogP contribution in [-0.4, -0.2) is 93.8 Å². The highest BCUT2D eigenvalue weighted by Crippen LogP contribution is 2.24. The molecule has 0 saturated carbocycles. The van der Waals surface area contributed by atoms with Crippen molar-refractivity contribution < 1.29 is 54.3 Å². The van der Waals surface area contributed by atoms with Crippen molar-refractivity contribution in [1.29, 1.82) is 0 Å². The summed E-state index contributed by atoms with van der Waals surface area (Å²) < 4.78 is 24.5. The highest BCUT2D eigenvalue weighted by atomic mass is 16.9. The van der Waals surface area contributed by atoms with Crippen molar-refractivity contribution in [3.63, 3.8) is 0 Å². The third-order valence-corrected chi connectivity index (χ3v) is 2.95. The van der Waals surface area contributed by atoms with Crippen LogP contribution < -0.4 is 0 Å². The smallest absolute Gasteiger partial charge is 0.276 e. The maximum atomic E-state index is 9.54. The first-order valence-corrected chi connectivity index (χ1v) is 6.17. The van der Waals surface area contributed by atoms with Crippen molar-refractivity contribution in [3.05, 3.63) is 0 Å². The van der Waals surface area contributed by atoms with Gasteiger partial charge in [-0.25, -0.2) is 0 Å². The van der Waals surface area contributed by atoms with Crippen LogP contribution in [0.1, 0.15) is 0 Å². The zero-order valence-corrected chi connectivity index (χ0v) is 10.8. The topological polar surface area (TPSA) is 168 Å². The molecule has 0 radical (unpaired) electrons.